The lowest BCUT2D eigenvalue weighted by molar-refractivity contribution is -0.301. The van der Waals surface area contributed by atoms with Crippen molar-refractivity contribution in [1.29, 1.82) is 0 Å². The number of ketones is 1. The molecule has 0 saturated carbocycles. The van der Waals surface area contributed by atoms with Crippen molar-refractivity contribution in [2.45, 2.75) is 128 Å². The van der Waals surface area contributed by atoms with E-state index in [2.05, 4.69) is 13.5 Å². The smallest absolute Gasteiger partial charge is 0.163 e. The predicted molar refractivity (Wildman–Crippen MR) is 120 cm³/mol. The van der Waals surface area contributed by atoms with Gasteiger partial charge in [-0.3, -0.25) is 4.79 Å². The van der Waals surface area contributed by atoms with Gasteiger partial charge < -0.3 is 23.7 Å². The van der Waals surface area contributed by atoms with Crippen molar-refractivity contribution < 1.29 is 28.5 Å². The van der Waals surface area contributed by atoms with Crippen LogP contribution in [0.4, 0.5) is 0 Å². The van der Waals surface area contributed by atoms with Gasteiger partial charge in [0.05, 0.1) is 24.4 Å². The van der Waals surface area contributed by atoms with E-state index in [0.29, 0.717) is 19.3 Å². The monoisotopic (exact) mass is 438 g/mol. The van der Waals surface area contributed by atoms with Crippen LogP contribution >= 0.6 is 0 Å². The lowest BCUT2D eigenvalue weighted by Crippen LogP contribution is -2.44. The van der Waals surface area contributed by atoms with Gasteiger partial charge in [0.2, 0.25) is 0 Å². The highest BCUT2D eigenvalue weighted by Gasteiger charge is 2.43. The fourth-order valence-electron chi connectivity index (χ4n) is 4.69. The van der Waals surface area contributed by atoms with Crippen LogP contribution in [0.15, 0.2) is 12.7 Å². The van der Waals surface area contributed by atoms with E-state index in [1.54, 1.807) is 0 Å². The largest absolute Gasteiger partial charge is 0.347 e. The van der Waals surface area contributed by atoms with Crippen molar-refractivity contribution in [3.63, 3.8) is 0 Å². The summed E-state index contributed by atoms with van der Waals surface area (Å²) in [5.74, 6) is -0.915. The Morgan fingerprint density at radius 2 is 1.68 bits per heavy atom. The number of allylic oxidation sites excluding steroid dienone is 1. The van der Waals surface area contributed by atoms with Crippen LogP contribution < -0.4 is 0 Å². The summed E-state index contributed by atoms with van der Waals surface area (Å²) >= 11 is 0. The number of aldehydes is 1. The summed E-state index contributed by atoms with van der Waals surface area (Å²) in [7, 11) is 0. The first kappa shape index (κ1) is 26.2. The van der Waals surface area contributed by atoms with E-state index in [-0.39, 0.29) is 36.1 Å². The summed E-state index contributed by atoms with van der Waals surface area (Å²) < 4.78 is 24.0. The van der Waals surface area contributed by atoms with Gasteiger partial charge in [0.15, 0.2) is 11.6 Å². The first-order valence-corrected chi connectivity index (χ1v) is 11.8. The Bertz CT molecular complexity index is 599. The molecular weight excluding hydrogens is 396 g/mol. The molecule has 2 aliphatic heterocycles. The maximum absolute atomic E-state index is 12.6. The molecule has 2 saturated heterocycles. The second-order valence-corrected chi connectivity index (χ2v) is 9.97. The maximum Gasteiger partial charge on any atom is 0.163 e. The zero-order valence-corrected chi connectivity index (χ0v) is 20.1. The Balaban J connectivity index is 1.76. The highest BCUT2D eigenvalue weighted by molar-refractivity contribution is 5.78. The van der Waals surface area contributed by atoms with Crippen LogP contribution in [0.3, 0.4) is 0 Å². The second kappa shape index (κ2) is 11.7. The minimum atomic E-state index is -0.688. The number of carbonyl (C=O) groups excluding carboxylic acids is 2. The molecule has 2 heterocycles. The quantitative estimate of drug-likeness (QED) is 0.226. The van der Waals surface area contributed by atoms with Gasteiger partial charge in [-0.2, -0.15) is 0 Å². The van der Waals surface area contributed by atoms with Crippen LogP contribution in [0.25, 0.3) is 0 Å². The molecule has 0 aliphatic carbocycles. The number of unbranched alkanes of at least 4 members (excludes halogenated alkanes) is 1. The van der Waals surface area contributed by atoms with Gasteiger partial charge in [0, 0.05) is 25.7 Å². The SMILES string of the molecule is C=CCCC[C@H]1C[C@H](CCC(=O)CC[C@@H](C)[C@H]2OC(C)(C)O[C@@H]2CC=O)OC(C)(C)O1. The van der Waals surface area contributed by atoms with Crippen LogP contribution in [-0.4, -0.2) is 48.1 Å². The number of hydrogen-bond donors (Lipinski definition) is 0. The molecular formula is C25H42O6. The molecule has 2 fully saturated rings. The Kier molecular flexibility index (Phi) is 9.87. The third kappa shape index (κ3) is 8.76. The zero-order valence-electron chi connectivity index (χ0n) is 20.1. The fourth-order valence-corrected chi connectivity index (χ4v) is 4.69. The molecule has 0 unspecified atom stereocenters. The topological polar surface area (TPSA) is 71.1 Å². The van der Waals surface area contributed by atoms with Crippen LogP contribution in [-0.2, 0) is 28.5 Å². The number of carbonyl (C=O) groups is 2. The summed E-state index contributed by atoms with van der Waals surface area (Å²) in [6.07, 6.45) is 9.27. The van der Waals surface area contributed by atoms with E-state index < -0.39 is 11.6 Å². The molecule has 0 aromatic carbocycles. The third-order valence-corrected chi connectivity index (χ3v) is 6.10. The molecule has 2 rings (SSSR count). The van der Waals surface area contributed by atoms with E-state index >= 15 is 0 Å². The van der Waals surface area contributed by atoms with Gasteiger partial charge >= 0.3 is 0 Å². The van der Waals surface area contributed by atoms with Crippen molar-refractivity contribution in [1.82, 2.24) is 0 Å². The molecule has 0 bridgehead atoms. The van der Waals surface area contributed by atoms with Crippen LogP contribution in [0.5, 0.6) is 0 Å². The van der Waals surface area contributed by atoms with Crippen LogP contribution in [0, 0.1) is 5.92 Å². The normalized spacial score (nSPS) is 30.6. The minimum absolute atomic E-state index is 0.0446. The molecule has 0 radical (unpaired) electrons. The van der Waals surface area contributed by atoms with Crippen molar-refractivity contribution >= 4 is 12.1 Å². The minimum Gasteiger partial charge on any atom is -0.347 e. The molecule has 0 amide bonds. The number of rotatable bonds is 13. The van der Waals surface area contributed by atoms with E-state index in [4.69, 9.17) is 18.9 Å². The Hall–Kier alpha value is -1.08. The van der Waals surface area contributed by atoms with Gasteiger partial charge in [-0.1, -0.05) is 13.0 Å². The first-order chi connectivity index (χ1) is 14.5. The lowest BCUT2D eigenvalue weighted by atomic mass is 9.91. The van der Waals surface area contributed by atoms with Gasteiger partial charge in [-0.25, -0.2) is 0 Å². The molecule has 0 N–H and O–H groups in total. The standard InChI is InChI=1S/C25H42O6/c1-7-8-9-10-20-17-21(29-24(3,4)28-20)14-13-19(27)12-11-18(2)23-22(15-16-26)30-25(5,6)31-23/h7,16,18,20-23H,1,8-15,17H2,2-6H3/t18-,20+,21+,22-,23-/m1/s1. The Labute approximate surface area is 188 Å². The molecule has 0 spiro atoms. The number of hydrogen-bond acceptors (Lipinski definition) is 6. The van der Waals surface area contributed by atoms with E-state index in [0.717, 1.165) is 44.8 Å². The molecule has 6 nitrogen and oxygen atoms in total. The highest BCUT2D eigenvalue weighted by Crippen LogP contribution is 2.35. The third-order valence-electron chi connectivity index (χ3n) is 6.10. The summed E-state index contributed by atoms with van der Waals surface area (Å²) in [6, 6.07) is 0. The lowest BCUT2D eigenvalue weighted by Gasteiger charge is -2.41. The molecule has 178 valence electrons. The first-order valence-electron chi connectivity index (χ1n) is 11.8. The van der Waals surface area contributed by atoms with Crippen molar-refractivity contribution in [2.24, 2.45) is 5.92 Å². The van der Waals surface area contributed by atoms with E-state index in [9.17, 15) is 9.59 Å². The van der Waals surface area contributed by atoms with Crippen LogP contribution in [0.1, 0.15) is 92.4 Å². The molecule has 2 aliphatic rings. The average Bonchev–Trinajstić information content (AvgIpc) is 2.98. The molecule has 0 aromatic rings. The zero-order chi connectivity index (χ0) is 23.1. The predicted octanol–water partition coefficient (Wildman–Crippen LogP) is 5.13. The Morgan fingerprint density at radius 3 is 2.32 bits per heavy atom. The number of ether oxygens (including phenoxy) is 4. The van der Waals surface area contributed by atoms with Crippen LogP contribution in [0.2, 0.25) is 0 Å². The molecule has 5 atom stereocenters. The second-order valence-electron chi connectivity index (χ2n) is 9.97. The maximum atomic E-state index is 12.6. The van der Waals surface area contributed by atoms with Crippen molar-refractivity contribution in [2.75, 3.05) is 0 Å². The van der Waals surface area contributed by atoms with Gasteiger partial charge in [0.1, 0.15) is 12.1 Å². The van der Waals surface area contributed by atoms with Crippen molar-refractivity contribution in [3.05, 3.63) is 12.7 Å². The van der Waals surface area contributed by atoms with Crippen molar-refractivity contribution in [3.8, 4) is 0 Å². The Morgan fingerprint density at radius 1 is 1.03 bits per heavy atom. The van der Waals surface area contributed by atoms with Gasteiger partial charge in [0.25, 0.3) is 0 Å². The van der Waals surface area contributed by atoms with Gasteiger partial charge in [-0.05, 0) is 65.7 Å². The summed E-state index contributed by atoms with van der Waals surface area (Å²) in [4.78, 5) is 23.5. The molecule has 6 heteroatoms. The fraction of sp³-hybridized carbons (Fsp3) is 0.840. The van der Waals surface area contributed by atoms with Gasteiger partial charge in [-0.15, -0.1) is 6.58 Å². The molecule has 31 heavy (non-hydrogen) atoms. The van der Waals surface area contributed by atoms with E-state index in [1.807, 2.05) is 33.8 Å². The summed E-state index contributed by atoms with van der Waals surface area (Å²) in [6.45, 7) is 13.5. The summed E-state index contributed by atoms with van der Waals surface area (Å²) in [5, 5.41) is 0. The molecule has 0 aromatic heterocycles. The average molecular weight is 439 g/mol. The number of Topliss-reactive ketones (excluding diaryl/α,β-unsaturated/α-hetero) is 1. The highest BCUT2D eigenvalue weighted by atomic mass is 16.8. The summed E-state index contributed by atoms with van der Waals surface area (Å²) in [5.41, 5.74) is 0. The van der Waals surface area contributed by atoms with E-state index in [1.165, 1.54) is 0 Å².